The third-order valence-corrected chi connectivity index (χ3v) is 4.86. The van der Waals surface area contributed by atoms with Gasteiger partial charge in [0, 0.05) is 14.2 Å². The second-order valence-electron chi connectivity index (χ2n) is 3.93. The summed E-state index contributed by atoms with van der Waals surface area (Å²) in [5.74, 6) is 0.254. The van der Waals surface area contributed by atoms with Gasteiger partial charge in [-0.15, -0.1) is 11.8 Å². The predicted molar refractivity (Wildman–Crippen MR) is 84.1 cm³/mol. The van der Waals surface area contributed by atoms with Crippen LogP contribution in [0.5, 0.6) is 0 Å². The number of carbonyl (C=O) groups is 1. The molecule has 3 nitrogen and oxygen atoms in total. The van der Waals surface area contributed by atoms with Gasteiger partial charge in [-0.1, -0.05) is 22.9 Å². The van der Waals surface area contributed by atoms with Crippen LogP contribution < -0.4 is 5.32 Å². The molecule has 0 saturated carbocycles. The molecule has 2 atom stereocenters. The Bertz CT molecular complexity index is 427. The standard InChI is InChI=1S/C12H15Br2NO2S/c1-7(16)8(2)18-6-12(17)15-11-4-3-9(13)5-10(11)14/h3-5,7-8,16H,6H2,1-2H3,(H,15,17). The number of carbonyl (C=O) groups excluding carboxylic acids is 1. The van der Waals surface area contributed by atoms with Gasteiger partial charge < -0.3 is 10.4 Å². The second kappa shape index (κ2) is 7.53. The van der Waals surface area contributed by atoms with Gasteiger partial charge in [-0.3, -0.25) is 4.79 Å². The molecule has 1 aromatic rings. The molecular weight excluding hydrogens is 382 g/mol. The topological polar surface area (TPSA) is 49.3 Å². The first-order valence-electron chi connectivity index (χ1n) is 5.44. The third kappa shape index (κ3) is 5.30. The lowest BCUT2D eigenvalue weighted by Crippen LogP contribution is -2.20. The van der Waals surface area contributed by atoms with E-state index in [0.29, 0.717) is 5.75 Å². The van der Waals surface area contributed by atoms with Crippen LogP contribution in [-0.2, 0) is 4.79 Å². The van der Waals surface area contributed by atoms with Crippen LogP contribution in [0.1, 0.15) is 13.8 Å². The highest BCUT2D eigenvalue weighted by atomic mass is 79.9. The first-order valence-corrected chi connectivity index (χ1v) is 8.08. The summed E-state index contributed by atoms with van der Waals surface area (Å²) in [5.41, 5.74) is 0.744. The SMILES string of the molecule is CC(O)C(C)SCC(=O)Nc1ccc(Br)cc1Br. The van der Waals surface area contributed by atoms with Gasteiger partial charge in [0.2, 0.25) is 5.91 Å². The Morgan fingerprint density at radius 2 is 2.11 bits per heavy atom. The molecule has 0 heterocycles. The first-order chi connectivity index (χ1) is 8.40. The van der Waals surface area contributed by atoms with Gasteiger partial charge in [0.05, 0.1) is 17.5 Å². The maximum atomic E-state index is 11.7. The quantitative estimate of drug-likeness (QED) is 0.798. The number of aliphatic hydroxyl groups excluding tert-OH is 1. The Morgan fingerprint density at radius 3 is 2.67 bits per heavy atom. The van der Waals surface area contributed by atoms with Crippen molar-refractivity contribution in [3.8, 4) is 0 Å². The molecule has 6 heteroatoms. The molecule has 1 rings (SSSR count). The fourth-order valence-corrected chi connectivity index (χ4v) is 3.03. The molecule has 0 radical (unpaired) electrons. The minimum atomic E-state index is -0.415. The van der Waals surface area contributed by atoms with E-state index in [2.05, 4.69) is 37.2 Å². The highest BCUT2D eigenvalue weighted by Gasteiger charge is 2.12. The van der Waals surface area contributed by atoms with E-state index in [-0.39, 0.29) is 11.2 Å². The van der Waals surface area contributed by atoms with Crippen molar-refractivity contribution in [3.05, 3.63) is 27.1 Å². The summed E-state index contributed by atoms with van der Waals surface area (Å²) in [4.78, 5) is 11.7. The highest BCUT2D eigenvalue weighted by Crippen LogP contribution is 2.26. The number of benzene rings is 1. The van der Waals surface area contributed by atoms with Gasteiger partial charge >= 0.3 is 0 Å². The summed E-state index contributed by atoms with van der Waals surface area (Å²) >= 11 is 8.18. The molecule has 0 spiro atoms. The van der Waals surface area contributed by atoms with E-state index >= 15 is 0 Å². The number of hydrogen-bond donors (Lipinski definition) is 2. The Hall–Kier alpha value is -0.0400. The van der Waals surface area contributed by atoms with E-state index in [4.69, 9.17) is 0 Å². The van der Waals surface area contributed by atoms with Crippen LogP contribution in [0.4, 0.5) is 5.69 Å². The lowest BCUT2D eigenvalue weighted by Gasteiger charge is -2.14. The van der Waals surface area contributed by atoms with Gasteiger partial charge in [0.15, 0.2) is 0 Å². The van der Waals surface area contributed by atoms with Crippen LogP contribution in [0.25, 0.3) is 0 Å². The molecule has 18 heavy (non-hydrogen) atoms. The molecular formula is C12H15Br2NO2S. The average Bonchev–Trinajstić information content (AvgIpc) is 2.29. The van der Waals surface area contributed by atoms with E-state index < -0.39 is 6.10 Å². The van der Waals surface area contributed by atoms with E-state index in [1.165, 1.54) is 11.8 Å². The minimum Gasteiger partial charge on any atom is -0.392 e. The smallest absolute Gasteiger partial charge is 0.234 e. The van der Waals surface area contributed by atoms with Crippen LogP contribution in [0, 0.1) is 0 Å². The largest absolute Gasteiger partial charge is 0.392 e. The molecule has 0 aromatic heterocycles. The van der Waals surface area contributed by atoms with Crippen LogP contribution in [-0.4, -0.2) is 28.1 Å². The number of anilines is 1. The summed E-state index contributed by atoms with van der Waals surface area (Å²) in [6.45, 7) is 3.62. The summed E-state index contributed by atoms with van der Waals surface area (Å²) < 4.78 is 1.78. The maximum Gasteiger partial charge on any atom is 0.234 e. The molecule has 0 aliphatic heterocycles. The molecule has 2 N–H and O–H groups in total. The molecule has 0 bridgehead atoms. The van der Waals surface area contributed by atoms with Crippen molar-refractivity contribution < 1.29 is 9.90 Å². The normalized spacial score (nSPS) is 14.1. The number of amides is 1. The molecule has 0 aliphatic rings. The zero-order valence-electron chi connectivity index (χ0n) is 10.1. The van der Waals surface area contributed by atoms with Crippen LogP contribution >= 0.6 is 43.6 Å². The zero-order valence-corrected chi connectivity index (χ0v) is 14.1. The van der Waals surface area contributed by atoms with Gasteiger partial charge in [-0.05, 0) is 41.1 Å². The van der Waals surface area contributed by atoms with Crippen molar-refractivity contribution in [1.29, 1.82) is 0 Å². The molecule has 2 unspecified atom stereocenters. The second-order valence-corrected chi connectivity index (χ2v) is 7.06. The van der Waals surface area contributed by atoms with Crippen molar-refractivity contribution in [3.63, 3.8) is 0 Å². The van der Waals surface area contributed by atoms with Crippen LogP contribution in [0.2, 0.25) is 0 Å². The van der Waals surface area contributed by atoms with Crippen molar-refractivity contribution in [2.45, 2.75) is 25.2 Å². The maximum absolute atomic E-state index is 11.7. The highest BCUT2D eigenvalue weighted by molar-refractivity contribution is 9.11. The lowest BCUT2D eigenvalue weighted by atomic mass is 10.3. The molecule has 0 saturated heterocycles. The zero-order chi connectivity index (χ0) is 13.7. The summed E-state index contributed by atoms with van der Waals surface area (Å²) in [6, 6.07) is 5.57. The molecule has 1 aromatic carbocycles. The number of nitrogens with one attached hydrogen (secondary N) is 1. The van der Waals surface area contributed by atoms with Crippen molar-refractivity contribution in [2.24, 2.45) is 0 Å². The van der Waals surface area contributed by atoms with E-state index in [0.717, 1.165) is 14.6 Å². The van der Waals surface area contributed by atoms with Gasteiger partial charge in [0.1, 0.15) is 0 Å². The molecule has 100 valence electrons. The summed E-state index contributed by atoms with van der Waals surface area (Å²) in [5, 5.41) is 12.2. The monoisotopic (exact) mass is 395 g/mol. The number of thioether (sulfide) groups is 1. The Balaban J connectivity index is 2.50. The van der Waals surface area contributed by atoms with Gasteiger partial charge in [-0.2, -0.15) is 0 Å². The number of hydrogen-bond acceptors (Lipinski definition) is 3. The van der Waals surface area contributed by atoms with E-state index in [1.54, 1.807) is 6.92 Å². The average molecular weight is 397 g/mol. The summed E-state index contributed by atoms with van der Waals surface area (Å²) in [7, 11) is 0. The van der Waals surface area contributed by atoms with Crippen molar-refractivity contribution in [1.82, 2.24) is 0 Å². The van der Waals surface area contributed by atoms with E-state index in [1.807, 2.05) is 25.1 Å². The summed E-state index contributed by atoms with van der Waals surface area (Å²) in [6.07, 6.45) is -0.415. The fourth-order valence-electron chi connectivity index (χ4n) is 1.12. The minimum absolute atomic E-state index is 0.0455. The van der Waals surface area contributed by atoms with Crippen molar-refractivity contribution in [2.75, 3.05) is 11.1 Å². The van der Waals surface area contributed by atoms with Gasteiger partial charge in [0.25, 0.3) is 0 Å². The molecule has 1 amide bonds. The van der Waals surface area contributed by atoms with Crippen molar-refractivity contribution >= 4 is 55.2 Å². The Labute approximate surface area is 128 Å². The third-order valence-electron chi connectivity index (χ3n) is 2.36. The van der Waals surface area contributed by atoms with Gasteiger partial charge in [-0.25, -0.2) is 0 Å². The molecule has 0 fully saturated rings. The number of halogens is 2. The van der Waals surface area contributed by atoms with Crippen LogP contribution in [0.3, 0.4) is 0 Å². The van der Waals surface area contributed by atoms with E-state index in [9.17, 15) is 9.90 Å². The first kappa shape index (κ1) is 16.0. The Kier molecular flexibility index (Phi) is 6.70. The lowest BCUT2D eigenvalue weighted by molar-refractivity contribution is -0.113. The molecule has 0 aliphatic carbocycles. The number of rotatable bonds is 5. The number of aliphatic hydroxyl groups is 1. The Morgan fingerprint density at radius 1 is 1.44 bits per heavy atom. The fraction of sp³-hybridized carbons (Fsp3) is 0.417. The van der Waals surface area contributed by atoms with Crippen LogP contribution in [0.15, 0.2) is 27.1 Å². The predicted octanol–water partition coefficient (Wildman–Crippen LogP) is 3.65.